The lowest BCUT2D eigenvalue weighted by Crippen LogP contribution is -2.37. The van der Waals surface area contributed by atoms with Crippen molar-refractivity contribution in [3.8, 4) is 0 Å². The minimum atomic E-state index is -0.545. The number of nitrogens with zero attached hydrogens (tertiary/aromatic N) is 1. The molecular formula is C15H17BrN2O3. The van der Waals surface area contributed by atoms with Crippen molar-refractivity contribution in [3.63, 3.8) is 0 Å². The number of nitro benzene ring substituents is 1. The van der Waals surface area contributed by atoms with Crippen molar-refractivity contribution in [2.24, 2.45) is 0 Å². The monoisotopic (exact) mass is 352 g/mol. The Labute approximate surface area is 131 Å². The molecule has 21 heavy (non-hydrogen) atoms. The van der Waals surface area contributed by atoms with Crippen LogP contribution < -0.4 is 5.32 Å². The summed E-state index contributed by atoms with van der Waals surface area (Å²) in [5.41, 5.74) is 2.06. The van der Waals surface area contributed by atoms with Crippen LogP contribution in [0.3, 0.4) is 0 Å². The standard InChI is InChI=1S/C15H17BrN2O3/c16-9-2-1-7-15-8-3-4-10-12(18(20)21)6-5-11(13(10)15)17-14(15)19/h5-6H,1-4,7-9H2,(H,17,19). The number of rotatable bonds is 5. The fourth-order valence-corrected chi connectivity index (χ4v) is 4.15. The molecule has 1 aromatic carbocycles. The van der Waals surface area contributed by atoms with Gasteiger partial charge in [0.25, 0.3) is 5.69 Å². The molecular weight excluding hydrogens is 336 g/mol. The Morgan fingerprint density at radius 3 is 2.90 bits per heavy atom. The maximum absolute atomic E-state index is 12.6. The highest BCUT2D eigenvalue weighted by atomic mass is 79.9. The number of anilines is 1. The molecule has 0 radical (unpaired) electrons. The molecule has 0 bridgehead atoms. The van der Waals surface area contributed by atoms with Gasteiger partial charge >= 0.3 is 0 Å². The van der Waals surface area contributed by atoms with Gasteiger partial charge in [0.2, 0.25) is 5.91 Å². The lowest BCUT2D eigenvalue weighted by molar-refractivity contribution is -0.385. The molecule has 3 rings (SSSR count). The van der Waals surface area contributed by atoms with Gasteiger partial charge in [-0.3, -0.25) is 14.9 Å². The topological polar surface area (TPSA) is 72.2 Å². The second kappa shape index (κ2) is 5.40. The molecule has 0 fully saturated rings. The minimum Gasteiger partial charge on any atom is -0.325 e. The van der Waals surface area contributed by atoms with E-state index in [4.69, 9.17) is 0 Å². The van der Waals surface area contributed by atoms with E-state index in [1.165, 1.54) is 6.07 Å². The number of alkyl halides is 1. The van der Waals surface area contributed by atoms with Crippen molar-refractivity contribution in [2.75, 3.05) is 10.6 Å². The Morgan fingerprint density at radius 1 is 1.38 bits per heavy atom. The van der Waals surface area contributed by atoms with Gasteiger partial charge in [0.15, 0.2) is 0 Å². The Morgan fingerprint density at radius 2 is 2.19 bits per heavy atom. The number of benzene rings is 1. The first-order valence-electron chi connectivity index (χ1n) is 7.28. The molecule has 6 heteroatoms. The molecule has 1 amide bonds. The number of hydrogen-bond donors (Lipinski definition) is 1. The fourth-order valence-electron chi connectivity index (χ4n) is 3.76. The van der Waals surface area contributed by atoms with E-state index in [2.05, 4.69) is 21.2 Å². The largest absolute Gasteiger partial charge is 0.325 e. The molecule has 1 atom stereocenters. The maximum Gasteiger partial charge on any atom is 0.273 e. The van der Waals surface area contributed by atoms with Gasteiger partial charge in [-0.2, -0.15) is 0 Å². The van der Waals surface area contributed by atoms with Crippen LogP contribution in [0.1, 0.15) is 43.2 Å². The molecule has 1 aliphatic heterocycles. The van der Waals surface area contributed by atoms with Crippen LogP contribution in [0.5, 0.6) is 0 Å². The van der Waals surface area contributed by atoms with Gasteiger partial charge in [-0.1, -0.05) is 22.4 Å². The number of carbonyl (C=O) groups excluding carboxylic acids is 1. The third-order valence-electron chi connectivity index (χ3n) is 4.66. The SMILES string of the molecule is O=C1Nc2ccc([N+](=O)[O-])c3c2C1(CCCCBr)CCC3. The van der Waals surface area contributed by atoms with Crippen molar-refractivity contribution in [1.29, 1.82) is 0 Å². The number of hydrogen-bond acceptors (Lipinski definition) is 3. The molecule has 0 saturated carbocycles. The molecule has 5 nitrogen and oxygen atoms in total. The fraction of sp³-hybridized carbons (Fsp3) is 0.533. The van der Waals surface area contributed by atoms with Gasteiger partial charge < -0.3 is 5.32 Å². The summed E-state index contributed by atoms with van der Waals surface area (Å²) in [5.74, 6) is 0.0218. The average Bonchev–Trinajstić information content (AvgIpc) is 2.74. The predicted octanol–water partition coefficient (Wildman–Crippen LogP) is 3.69. The lowest BCUT2D eigenvalue weighted by Gasteiger charge is -2.32. The van der Waals surface area contributed by atoms with Crippen LogP contribution in [0.2, 0.25) is 0 Å². The summed E-state index contributed by atoms with van der Waals surface area (Å²) in [4.78, 5) is 23.5. The Balaban J connectivity index is 2.10. The molecule has 2 aliphatic rings. The van der Waals surface area contributed by atoms with E-state index < -0.39 is 5.41 Å². The molecule has 1 aromatic rings. The van der Waals surface area contributed by atoms with E-state index in [1.807, 2.05) is 0 Å². The zero-order valence-corrected chi connectivity index (χ0v) is 13.2. The van der Waals surface area contributed by atoms with Gasteiger partial charge in [0.1, 0.15) is 0 Å². The van der Waals surface area contributed by atoms with Crippen LogP contribution in [0.15, 0.2) is 12.1 Å². The number of carbonyl (C=O) groups is 1. The Bertz CT molecular complexity index is 617. The molecule has 1 heterocycles. The van der Waals surface area contributed by atoms with E-state index in [1.54, 1.807) is 6.07 Å². The number of halogens is 1. The summed E-state index contributed by atoms with van der Waals surface area (Å²) in [6.45, 7) is 0. The third kappa shape index (κ3) is 2.16. The number of nitro groups is 1. The van der Waals surface area contributed by atoms with Gasteiger partial charge in [-0.05, 0) is 38.2 Å². The van der Waals surface area contributed by atoms with Crippen LogP contribution in [-0.4, -0.2) is 16.2 Å². The van der Waals surface area contributed by atoms with Crippen LogP contribution in [0.4, 0.5) is 11.4 Å². The van der Waals surface area contributed by atoms with Crippen LogP contribution in [0.25, 0.3) is 0 Å². The molecule has 0 saturated heterocycles. The molecule has 0 spiro atoms. The molecule has 1 aliphatic carbocycles. The van der Waals surface area contributed by atoms with E-state index >= 15 is 0 Å². The summed E-state index contributed by atoms with van der Waals surface area (Å²) < 4.78 is 0. The summed E-state index contributed by atoms with van der Waals surface area (Å²) in [5, 5.41) is 15.1. The van der Waals surface area contributed by atoms with Crippen molar-refractivity contribution >= 4 is 33.2 Å². The van der Waals surface area contributed by atoms with E-state index in [-0.39, 0.29) is 16.5 Å². The summed E-state index contributed by atoms with van der Waals surface area (Å²) >= 11 is 3.41. The van der Waals surface area contributed by atoms with Crippen molar-refractivity contribution < 1.29 is 9.72 Å². The first-order chi connectivity index (χ1) is 10.1. The van der Waals surface area contributed by atoms with Gasteiger partial charge in [-0.15, -0.1) is 0 Å². The summed E-state index contributed by atoms with van der Waals surface area (Å²) in [7, 11) is 0. The number of unbranched alkanes of at least 4 members (excludes halogenated alkanes) is 1. The number of amides is 1. The first kappa shape index (κ1) is 14.5. The summed E-state index contributed by atoms with van der Waals surface area (Å²) in [6.07, 6.45) is 5.04. The second-order valence-corrected chi connectivity index (χ2v) is 6.57. The zero-order valence-electron chi connectivity index (χ0n) is 11.7. The third-order valence-corrected chi connectivity index (χ3v) is 5.22. The van der Waals surface area contributed by atoms with E-state index in [0.29, 0.717) is 6.42 Å². The molecule has 112 valence electrons. The van der Waals surface area contributed by atoms with Crippen LogP contribution >= 0.6 is 15.9 Å². The maximum atomic E-state index is 12.6. The molecule has 1 N–H and O–H groups in total. The zero-order chi connectivity index (χ0) is 15.0. The highest BCUT2D eigenvalue weighted by Gasteiger charge is 2.50. The normalized spacial score (nSPS) is 22.8. The van der Waals surface area contributed by atoms with Crippen LogP contribution in [-0.2, 0) is 16.6 Å². The first-order valence-corrected chi connectivity index (χ1v) is 8.40. The quantitative estimate of drug-likeness (QED) is 0.380. The van der Waals surface area contributed by atoms with E-state index in [0.717, 1.165) is 54.2 Å². The highest BCUT2D eigenvalue weighted by molar-refractivity contribution is 9.09. The number of nitrogens with one attached hydrogen (secondary N) is 1. The Hall–Kier alpha value is -1.43. The molecule has 1 unspecified atom stereocenters. The minimum absolute atomic E-state index is 0.0218. The molecule has 0 aromatic heterocycles. The van der Waals surface area contributed by atoms with Gasteiger partial charge in [0.05, 0.1) is 10.3 Å². The van der Waals surface area contributed by atoms with E-state index in [9.17, 15) is 14.9 Å². The van der Waals surface area contributed by atoms with Gasteiger partial charge in [0, 0.05) is 28.2 Å². The summed E-state index contributed by atoms with van der Waals surface area (Å²) in [6, 6.07) is 3.21. The van der Waals surface area contributed by atoms with Crippen molar-refractivity contribution in [3.05, 3.63) is 33.4 Å². The smallest absolute Gasteiger partial charge is 0.273 e. The second-order valence-electron chi connectivity index (χ2n) is 5.78. The highest BCUT2D eigenvalue weighted by Crippen LogP contribution is 2.51. The van der Waals surface area contributed by atoms with Crippen molar-refractivity contribution in [2.45, 2.75) is 43.9 Å². The van der Waals surface area contributed by atoms with Gasteiger partial charge in [-0.25, -0.2) is 0 Å². The van der Waals surface area contributed by atoms with Crippen molar-refractivity contribution in [1.82, 2.24) is 0 Å². The van der Waals surface area contributed by atoms with Crippen LogP contribution in [0, 0.1) is 10.1 Å². The predicted molar refractivity (Wildman–Crippen MR) is 84.0 cm³/mol. The lowest BCUT2D eigenvalue weighted by atomic mass is 9.68. The Kier molecular flexibility index (Phi) is 3.73. The average molecular weight is 353 g/mol.